The third-order valence-electron chi connectivity index (χ3n) is 1.80. The highest BCUT2D eigenvalue weighted by Gasteiger charge is 2.34. The number of carbonyl (C=O) groups excluding carboxylic acids is 1. The van der Waals surface area contributed by atoms with E-state index in [0.29, 0.717) is 13.0 Å². The Morgan fingerprint density at radius 3 is 3.00 bits per heavy atom. The fourth-order valence-corrected chi connectivity index (χ4v) is 1.13. The van der Waals surface area contributed by atoms with Crippen molar-refractivity contribution in [1.82, 2.24) is 0 Å². The van der Waals surface area contributed by atoms with E-state index in [2.05, 4.69) is 0 Å². The first-order valence-corrected chi connectivity index (χ1v) is 3.83. The van der Waals surface area contributed by atoms with Gasteiger partial charge in [-0.25, -0.2) is 4.79 Å². The maximum absolute atomic E-state index is 11.2. The van der Waals surface area contributed by atoms with Crippen LogP contribution in [-0.2, 0) is 9.53 Å². The van der Waals surface area contributed by atoms with Gasteiger partial charge in [0.25, 0.3) is 0 Å². The molecule has 0 aliphatic heterocycles. The van der Waals surface area contributed by atoms with E-state index in [9.17, 15) is 4.79 Å². The van der Waals surface area contributed by atoms with Gasteiger partial charge in [-0.15, -0.1) is 0 Å². The first-order valence-electron chi connectivity index (χ1n) is 3.83. The fraction of sp³-hybridized carbons (Fsp3) is 0.625. The molecule has 0 saturated heterocycles. The summed E-state index contributed by atoms with van der Waals surface area (Å²) in [6, 6.07) is 0. The van der Waals surface area contributed by atoms with Gasteiger partial charge in [0.1, 0.15) is 5.54 Å². The van der Waals surface area contributed by atoms with E-state index in [0.717, 1.165) is 6.42 Å². The predicted molar refractivity (Wildman–Crippen MR) is 41.9 cm³/mol. The smallest absolute Gasteiger partial charge is 0.330 e. The topological polar surface area (TPSA) is 52.3 Å². The van der Waals surface area contributed by atoms with Crippen molar-refractivity contribution in [2.75, 3.05) is 6.61 Å². The van der Waals surface area contributed by atoms with Crippen LogP contribution in [0.5, 0.6) is 0 Å². The van der Waals surface area contributed by atoms with Gasteiger partial charge in [0, 0.05) is 0 Å². The number of hydrogen-bond acceptors (Lipinski definition) is 3. The van der Waals surface area contributed by atoms with Crippen LogP contribution in [0, 0.1) is 0 Å². The molecule has 2 N–H and O–H groups in total. The van der Waals surface area contributed by atoms with Gasteiger partial charge in [-0.3, -0.25) is 0 Å². The minimum absolute atomic E-state index is 0.311. The third kappa shape index (κ3) is 1.60. The lowest BCUT2D eigenvalue weighted by atomic mass is 10.0. The molecule has 1 atom stereocenters. The molecule has 11 heavy (non-hydrogen) atoms. The van der Waals surface area contributed by atoms with E-state index in [-0.39, 0.29) is 5.97 Å². The summed E-state index contributed by atoms with van der Waals surface area (Å²) in [6.45, 7) is 2.17. The molecule has 1 aliphatic carbocycles. The monoisotopic (exact) mass is 155 g/mol. The highest BCUT2D eigenvalue weighted by molar-refractivity contribution is 5.83. The molecule has 0 spiro atoms. The predicted octanol–water partition coefficient (Wildman–Crippen LogP) is 0.597. The number of esters is 1. The lowest BCUT2D eigenvalue weighted by Crippen LogP contribution is -2.45. The Morgan fingerprint density at radius 2 is 2.55 bits per heavy atom. The Kier molecular flexibility index (Phi) is 2.29. The molecule has 0 amide bonds. The fourth-order valence-electron chi connectivity index (χ4n) is 1.13. The Labute approximate surface area is 66.2 Å². The number of nitrogens with two attached hydrogens (primary N) is 1. The molecule has 1 rings (SSSR count). The van der Waals surface area contributed by atoms with E-state index < -0.39 is 5.54 Å². The molecule has 0 aromatic rings. The second-order valence-corrected chi connectivity index (χ2v) is 2.70. The molecular weight excluding hydrogens is 142 g/mol. The minimum Gasteiger partial charge on any atom is -0.464 e. The lowest BCUT2D eigenvalue weighted by Gasteiger charge is -2.18. The number of ether oxygens (including phenoxy) is 1. The summed E-state index contributed by atoms with van der Waals surface area (Å²) < 4.78 is 4.81. The number of hydrogen-bond donors (Lipinski definition) is 1. The van der Waals surface area contributed by atoms with Crippen molar-refractivity contribution in [3.8, 4) is 0 Å². The van der Waals surface area contributed by atoms with Crippen molar-refractivity contribution in [2.45, 2.75) is 25.3 Å². The van der Waals surface area contributed by atoms with Gasteiger partial charge in [0.15, 0.2) is 0 Å². The summed E-state index contributed by atoms with van der Waals surface area (Å²) in [5.41, 5.74) is 4.89. The van der Waals surface area contributed by atoms with Crippen molar-refractivity contribution in [2.24, 2.45) is 5.73 Å². The second kappa shape index (κ2) is 3.05. The molecule has 0 fully saturated rings. The van der Waals surface area contributed by atoms with Crippen molar-refractivity contribution in [1.29, 1.82) is 0 Å². The maximum Gasteiger partial charge on any atom is 0.330 e. The van der Waals surface area contributed by atoms with Crippen LogP contribution in [0.15, 0.2) is 12.2 Å². The molecule has 1 unspecified atom stereocenters. The Hall–Kier alpha value is -0.830. The third-order valence-corrected chi connectivity index (χ3v) is 1.80. The molecular formula is C8H13NO2. The minimum atomic E-state index is -0.837. The highest BCUT2D eigenvalue weighted by atomic mass is 16.5. The molecule has 0 aromatic carbocycles. The van der Waals surface area contributed by atoms with Crippen LogP contribution >= 0.6 is 0 Å². The van der Waals surface area contributed by atoms with Crippen molar-refractivity contribution in [3.63, 3.8) is 0 Å². The number of allylic oxidation sites excluding steroid dienone is 1. The number of carbonyl (C=O) groups is 1. The molecule has 0 bridgehead atoms. The van der Waals surface area contributed by atoms with Crippen LogP contribution in [-0.4, -0.2) is 18.1 Å². The van der Waals surface area contributed by atoms with Crippen LogP contribution in [0.3, 0.4) is 0 Å². The normalized spacial score (nSPS) is 28.9. The zero-order chi connectivity index (χ0) is 8.32. The summed E-state index contributed by atoms with van der Waals surface area (Å²) in [6.07, 6.45) is 5.18. The van der Waals surface area contributed by atoms with E-state index >= 15 is 0 Å². The van der Waals surface area contributed by atoms with E-state index in [1.165, 1.54) is 0 Å². The Balaban J connectivity index is 2.57. The van der Waals surface area contributed by atoms with E-state index in [1.807, 2.05) is 6.08 Å². The lowest BCUT2D eigenvalue weighted by molar-refractivity contribution is -0.147. The molecule has 3 heteroatoms. The first-order chi connectivity index (χ1) is 5.19. The zero-order valence-electron chi connectivity index (χ0n) is 6.67. The van der Waals surface area contributed by atoms with Crippen molar-refractivity contribution in [3.05, 3.63) is 12.2 Å². The molecule has 0 heterocycles. The van der Waals surface area contributed by atoms with Gasteiger partial charge in [-0.2, -0.15) is 0 Å². The molecule has 3 nitrogen and oxygen atoms in total. The maximum atomic E-state index is 11.2. The molecule has 0 radical (unpaired) electrons. The van der Waals surface area contributed by atoms with Crippen LogP contribution in [0.25, 0.3) is 0 Å². The summed E-state index contributed by atoms with van der Waals surface area (Å²) in [5.74, 6) is -0.311. The summed E-state index contributed by atoms with van der Waals surface area (Å²) in [7, 11) is 0. The summed E-state index contributed by atoms with van der Waals surface area (Å²) in [5, 5.41) is 0. The van der Waals surface area contributed by atoms with Gasteiger partial charge >= 0.3 is 5.97 Å². The van der Waals surface area contributed by atoms with E-state index in [4.69, 9.17) is 10.5 Å². The zero-order valence-corrected chi connectivity index (χ0v) is 6.67. The Bertz CT molecular complexity index is 189. The van der Waals surface area contributed by atoms with Gasteiger partial charge in [0.05, 0.1) is 6.61 Å². The molecule has 62 valence electrons. The van der Waals surface area contributed by atoms with Gasteiger partial charge in [-0.1, -0.05) is 12.2 Å². The van der Waals surface area contributed by atoms with Gasteiger partial charge < -0.3 is 10.5 Å². The molecule has 1 aliphatic rings. The summed E-state index contributed by atoms with van der Waals surface area (Å²) in [4.78, 5) is 11.2. The van der Waals surface area contributed by atoms with Crippen LogP contribution in [0.4, 0.5) is 0 Å². The summed E-state index contributed by atoms with van der Waals surface area (Å²) >= 11 is 0. The second-order valence-electron chi connectivity index (χ2n) is 2.70. The van der Waals surface area contributed by atoms with E-state index in [1.54, 1.807) is 13.0 Å². The Morgan fingerprint density at radius 1 is 1.82 bits per heavy atom. The first kappa shape index (κ1) is 8.27. The average molecular weight is 155 g/mol. The van der Waals surface area contributed by atoms with Crippen LogP contribution in [0.1, 0.15) is 19.8 Å². The molecule has 0 saturated carbocycles. The van der Waals surface area contributed by atoms with Crippen molar-refractivity contribution < 1.29 is 9.53 Å². The van der Waals surface area contributed by atoms with Gasteiger partial charge in [-0.05, 0) is 19.8 Å². The SMILES string of the molecule is CCOC(=O)C1(N)C=CCC1. The van der Waals surface area contributed by atoms with Crippen LogP contribution < -0.4 is 5.73 Å². The average Bonchev–Trinajstić information content (AvgIpc) is 2.38. The number of rotatable bonds is 2. The van der Waals surface area contributed by atoms with Crippen LogP contribution in [0.2, 0.25) is 0 Å². The van der Waals surface area contributed by atoms with Gasteiger partial charge in [0.2, 0.25) is 0 Å². The highest BCUT2D eigenvalue weighted by Crippen LogP contribution is 2.20. The largest absolute Gasteiger partial charge is 0.464 e. The molecule has 0 aromatic heterocycles. The quantitative estimate of drug-likeness (QED) is 0.469. The van der Waals surface area contributed by atoms with Crippen molar-refractivity contribution >= 4 is 5.97 Å². The standard InChI is InChI=1S/C8H13NO2/c1-2-11-7(10)8(9)5-3-4-6-8/h3,5H,2,4,6,9H2,1H3.